The van der Waals surface area contributed by atoms with Crippen molar-refractivity contribution in [1.29, 1.82) is 0 Å². The van der Waals surface area contributed by atoms with Crippen molar-refractivity contribution in [2.75, 3.05) is 12.1 Å². The molecule has 0 aliphatic carbocycles. The summed E-state index contributed by atoms with van der Waals surface area (Å²) in [6, 6.07) is 12.8. The van der Waals surface area contributed by atoms with Gasteiger partial charge in [0, 0.05) is 35.8 Å². The summed E-state index contributed by atoms with van der Waals surface area (Å²) in [5, 5.41) is 3.23. The van der Waals surface area contributed by atoms with Crippen molar-refractivity contribution in [3.63, 3.8) is 0 Å². The molecule has 0 spiro atoms. The predicted molar refractivity (Wildman–Crippen MR) is 96.0 cm³/mol. The Morgan fingerprint density at radius 1 is 1.12 bits per heavy atom. The van der Waals surface area contributed by atoms with Crippen LogP contribution in [0.25, 0.3) is 5.69 Å². The van der Waals surface area contributed by atoms with E-state index < -0.39 is 0 Å². The number of fused-ring (bicyclic) bond motifs is 1. The fraction of sp³-hybridized carbons (Fsp3) is 0.105. The number of aryl methyl sites for hydroxylation is 1. The van der Waals surface area contributed by atoms with Gasteiger partial charge in [0.15, 0.2) is 11.5 Å². The number of hydrogen-bond donors (Lipinski definition) is 1. The molecule has 4 rings (SSSR count). The maximum absolute atomic E-state index is 12.6. The fourth-order valence-corrected chi connectivity index (χ4v) is 2.93. The van der Waals surface area contributed by atoms with Gasteiger partial charge < -0.3 is 19.4 Å². The monoisotopic (exact) mass is 354 g/mol. The highest BCUT2D eigenvalue weighted by atomic mass is 35.5. The third-order valence-corrected chi connectivity index (χ3v) is 4.38. The van der Waals surface area contributed by atoms with Gasteiger partial charge in [-0.25, -0.2) is 0 Å². The van der Waals surface area contributed by atoms with E-state index in [1.54, 1.807) is 18.2 Å². The van der Waals surface area contributed by atoms with Gasteiger partial charge in [0.05, 0.1) is 10.7 Å². The highest BCUT2D eigenvalue weighted by Gasteiger charge is 2.18. The van der Waals surface area contributed by atoms with Crippen LogP contribution in [-0.2, 0) is 0 Å². The molecule has 0 bridgehead atoms. The minimum atomic E-state index is -0.242. The number of nitrogens with one attached hydrogen (secondary N) is 1. The smallest absolute Gasteiger partial charge is 0.255 e. The summed E-state index contributed by atoms with van der Waals surface area (Å²) in [7, 11) is 0. The van der Waals surface area contributed by atoms with Crippen LogP contribution in [0.3, 0.4) is 0 Å². The van der Waals surface area contributed by atoms with Crippen LogP contribution in [0.1, 0.15) is 15.9 Å². The quantitative estimate of drug-likeness (QED) is 0.757. The number of carbonyl (C=O) groups is 1. The molecule has 1 aromatic heterocycles. The lowest BCUT2D eigenvalue weighted by Crippen LogP contribution is -2.13. The molecule has 2 heterocycles. The van der Waals surface area contributed by atoms with E-state index in [2.05, 4.69) is 5.32 Å². The van der Waals surface area contributed by atoms with Crippen LogP contribution in [0.5, 0.6) is 11.5 Å². The first-order valence-corrected chi connectivity index (χ1v) is 8.14. The standard InChI is InChI=1S/C19H15ClN2O3/c1-12-4-5-13(8-16(12)22-6-2-3-7-22)19(23)21-15-10-18-17(9-14(15)20)24-11-25-18/h2-10H,11H2,1H3,(H,21,23). The Morgan fingerprint density at radius 2 is 1.84 bits per heavy atom. The minimum Gasteiger partial charge on any atom is -0.454 e. The number of hydrogen-bond acceptors (Lipinski definition) is 3. The average Bonchev–Trinajstić information content (AvgIpc) is 3.27. The topological polar surface area (TPSA) is 52.5 Å². The van der Waals surface area contributed by atoms with E-state index in [0.29, 0.717) is 27.8 Å². The molecular formula is C19H15ClN2O3. The van der Waals surface area contributed by atoms with Crippen molar-refractivity contribution in [2.45, 2.75) is 6.92 Å². The Kier molecular flexibility index (Phi) is 3.86. The predicted octanol–water partition coefficient (Wildman–Crippen LogP) is 4.42. The Morgan fingerprint density at radius 3 is 2.60 bits per heavy atom. The molecule has 1 N–H and O–H groups in total. The third-order valence-electron chi connectivity index (χ3n) is 4.06. The van der Waals surface area contributed by atoms with Crippen LogP contribution in [0, 0.1) is 6.92 Å². The molecule has 0 atom stereocenters. The zero-order chi connectivity index (χ0) is 17.4. The van der Waals surface area contributed by atoms with Crippen molar-refractivity contribution in [2.24, 2.45) is 0 Å². The first kappa shape index (κ1) is 15.6. The van der Waals surface area contributed by atoms with Crippen LogP contribution < -0.4 is 14.8 Å². The maximum Gasteiger partial charge on any atom is 0.255 e. The summed E-state index contributed by atoms with van der Waals surface area (Å²) < 4.78 is 12.6. The van der Waals surface area contributed by atoms with Gasteiger partial charge in [-0.1, -0.05) is 17.7 Å². The van der Waals surface area contributed by atoms with Gasteiger partial charge >= 0.3 is 0 Å². The molecule has 0 fully saturated rings. The Labute approximate surface area is 149 Å². The second-order valence-corrected chi connectivity index (χ2v) is 6.14. The molecule has 3 aromatic rings. The number of halogens is 1. The minimum absolute atomic E-state index is 0.154. The lowest BCUT2D eigenvalue weighted by atomic mass is 10.1. The summed E-state index contributed by atoms with van der Waals surface area (Å²) in [5.74, 6) is 0.902. The molecule has 0 radical (unpaired) electrons. The Hall–Kier alpha value is -2.92. The van der Waals surface area contributed by atoms with Gasteiger partial charge in [0.1, 0.15) is 0 Å². The van der Waals surface area contributed by atoms with Gasteiger partial charge in [-0.3, -0.25) is 4.79 Å². The van der Waals surface area contributed by atoms with Crippen molar-refractivity contribution in [3.8, 4) is 17.2 Å². The number of ether oxygens (including phenoxy) is 2. The lowest BCUT2D eigenvalue weighted by Gasteiger charge is -2.12. The van der Waals surface area contributed by atoms with Crippen LogP contribution in [0.4, 0.5) is 5.69 Å². The van der Waals surface area contributed by atoms with E-state index in [-0.39, 0.29) is 12.7 Å². The number of rotatable bonds is 3. The van der Waals surface area contributed by atoms with Crippen molar-refractivity contribution < 1.29 is 14.3 Å². The summed E-state index contributed by atoms with van der Waals surface area (Å²) in [6.07, 6.45) is 3.89. The van der Waals surface area contributed by atoms with E-state index in [1.165, 1.54) is 0 Å². The third kappa shape index (κ3) is 2.94. The Balaban J connectivity index is 1.63. The second kappa shape index (κ2) is 6.18. The van der Waals surface area contributed by atoms with Crippen molar-refractivity contribution in [1.82, 2.24) is 4.57 Å². The highest BCUT2D eigenvalue weighted by Crippen LogP contribution is 2.39. The number of amides is 1. The molecule has 1 amide bonds. The van der Waals surface area contributed by atoms with Gasteiger partial charge in [0.25, 0.3) is 5.91 Å². The second-order valence-electron chi connectivity index (χ2n) is 5.73. The van der Waals surface area contributed by atoms with Gasteiger partial charge in [-0.05, 0) is 36.8 Å². The largest absolute Gasteiger partial charge is 0.454 e. The molecule has 0 saturated carbocycles. The molecular weight excluding hydrogens is 340 g/mol. The van der Waals surface area contributed by atoms with E-state index in [9.17, 15) is 4.79 Å². The number of benzene rings is 2. The summed E-state index contributed by atoms with van der Waals surface area (Å²) in [5.41, 5.74) is 3.06. The molecule has 126 valence electrons. The Bertz CT molecular complexity index is 952. The van der Waals surface area contributed by atoms with Crippen molar-refractivity contribution in [3.05, 3.63) is 71.0 Å². The zero-order valence-electron chi connectivity index (χ0n) is 13.5. The number of nitrogens with zero attached hydrogens (tertiary/aromatic N) is 1. The van der Waals surface area contributed by atoms with Gasteiger partial charge in [-0.2, -0.15) is 0 Å². The molecule has 25 heavy (non-hydrogen) atoms. The lowest BCUT2D eigenvalue weighted by molar-refractivity contribution is 0.102. The fourth-order valence-electron chi connectivity index (χ4n) is 2.73. The number of aromatic nitrogens is 1. The van der Waals surface area contributed by atoms with Crippen LogP contribution in [0.2, 0.25) is 5.02 Å². The summed E-state index contributed by atoms with van der Waals surface area (Å²) >= 11 is 6.22. The van der Waals surface area contributed by atoms with E-state index in [0.717, 1.165) is 11.3 Å². The summed E-state index contributed by atoms with van der Waals surface area (Å²) in [4.78, 5) is 12.6. The average molecular weight is 355 g/mol. The molecule has 1 aliphatic rings. The molecule has 0 saturated heterocycles. The first-order chi connectivity index (χ1) is 12.1. The molecule has 2 aromatic carbocycles. The summed E-state index contributed by atoms with van der Waals surface area (Å²) in [6.45, 7) is 2.16. The van der Waals surface area contributed by atoms with Gasteiger partial charge in [-0.15, -0.1) is 0 Å². The molecule has 1 aliphatic heterocycles. The van der Waals surface area contributed by atoms with E-state index in [4.69, 9.17) is 21.1 Å². The maximum atomic E-state index is 12.6. The SMILES string of the molecule is Cc1ccc(C(=O)Nc2cc3c(cc2Cl)OCO3)cc1-n1cccc1. The van der Waals surface area contributed by atoms with Crippen LogP contribution in [-0.4, -0.2) is 17.3 Å². The zero-order valence-corrected chi connectivity index (χ0v) is 14.2. The molecule has 5 nitrogen and oxygen atoms in total. The first-order valence-electron chi connectivity index (χ1n) is 7.76. The number of carbonyl (C=O) groups excluding carboxylic acids is 1. The molecule has 6 heteroatoms. The van der Waals surface area contributed by atoms with Crippen molar-refractivity contribution >= 4 is 23.2 Å². The van der Waals surface area contributed by atoms with E-state index in [1.807, 2.05) is 48.1 Å². The van der Waals surface area contributed by atoms with Crippen LogP contribution in [0.15, 0.2) is 54.9 Å². The highest BCUT2D eigenvalue weighted by molar-refractivity contribution is 6.34. The molecule has 0 unspecified atom stereocenters. The van der Waals surface area contributed by atoms with Gasteiger partial charge in [0.2, 0.25) is 6.79 Å². The van der Waals surface area contributed by atoms with E-state index >= 15 is 0 Å². The normalized spacial score (nSPS) is 12.2. The number of anilines is 1. The van der Waals surface area contributed by atoms with Crippen LogP contribution >= 0.6 is 11.6 Å².